The Morgan fingerprint density at radius 1 is 0.714 bits per heavy atom. The van der Waals surface area contributed by atoms with Crippen LogP contribution in [0.3, 0.4) is 0 Å². The van der Waals surface area contributed by atoms with Crippen molar-refractivity contribution >= 4 is 17.1 Å². The molecule has 0 bridgehead atoms. The number of azo groups is 1. The minimum atomic E-state index is 0.0511. The molecule has 0 aliphatic carbocycles. The van der Waals surface area contributed by atoms with Crippen LogP contribution in [-0.4, -0.2) is 36.5 Å². The topological polar surface area (TPSA) is 68.4 Å². The van der Waals surface area contributed by atoms with E-state index in [9.17, 15) is 0 Å². The molecule has 2 aromatic carbocycles. The van der Waals surface area contributed by atoms with Crippen LogP contribution in [0.4, 0.5) is 17.1 Å². The summed E-state index contributed by atoms with van der Waals surface area (Å²) < 4.78 is 0. The summed E-state index contributed by atoms with van der Waals surface area (Å²) in [4.78, 5) is 1.91. The van der Waals surface area contributed by atoms with Crippen molar-refractivity contribution in [2.45, 2.75) is 0 Å². The Balaban J connectivity index is 2.06. The van der Waals surface area contributed by atoms with E-state index in [1.54, 1.807) is 0 Å². The van der Waals surface area contributed by atoms with Crippen molar-refractivity contribution in [3.05, 3.63) is 54.6 Å². The molecule has 0 aliphatic rings. The van der Waals surface area contributed by atoms with Gasteiger partial charge in [-0.05, 0) is 36.4 Å². The third-order valence-corrected chi connectivity index (χ3v) is 2.99. The zero-order valence-corrected chi connectivity index (χ0v) is 11.8. The van der Waals surface area contributed by atoms with Crippen LogP contribution < -0.4 is 4.90 Å². The van der Waals surface area contributed by atoms with Crippen LogP contribution in [0.5, 0.6) is 0 Å². The fourth-order valence-corrected chi connectivity index (χ4v) is 1.95. The Bertz CT molecular complexity index is 549. The highest BCUT2D eigenvalue weighted by atomic mass is 16.3. The highest BCUT2D eigenvalue weighted by Crippen LogP contribution is 2.22. The number of hydrogen-bond donors (Lipinski definition) is 2. The van der Waals surface area contributed by atoms with E-state index in [2.05, 4.69) is 10.2 Å². The molecule has 2 aromatic rings. The molecule has 0 atom stereocenters. The van der Waals surface area contributed by atoms with Gasteiger partial charge >= 0.3 is 0 Å². The van der Waals surface area contributed by atoms with E-state index in [0.29, 0.717) is 13.1 Å². The number of benzene rings is 2. The first-order chi connectivity index (χ1) is 10.3. The molecule has 0 saturated heterocycles. The van der Waals surface area contributed by atoms with E-state index < -0.39 is 0 Å². The second-order valence-corrected chi connectivity index (χ2v) is 4.49. The van der Waals surface area contributed by atoms with Gasteiger partial charge in [0.1, 0.15) is 0 Å². The molecule has 0 spiro atoms. The molecule has 0 radical (unpaired) electrons. The average Bonchev–Trinajstić information content (AvgIpc) is 2.54. The van der Waals surface area contributed by atoms with Crippen LogP contribution in [0, 0.1) is 0 Å². The van der Waals surface area contributed by atoms with Gasteiger partial charge in [-0.1, -0.05) is 18.2 Å². The molecule has 110 valence electrons. The molecule has 2 rings (SSSR count). The van der Waals surface area contributed by atoms with Gasteiger partial charge in [-0.2, -0.15) is 10.2 Å². The third-order valence-electron chi connectivity index (χ3n) is 2.99. The van der Waals surface area contributed by atoms with E-state index in [0.717, 1.165) is 17.1 Å². The van der Waals surface area contributed by atoms with Gasteiger partial charge in [-0.25, -0.2) is 0 Å². The fourth-order valence-electron chi connectivity index (χ4n) is 1.95. The SMILES string of the molecule is OCCN(CCO)c1ccc(N=Nc2ccccc2)cc1. The van der Waals surface area contributed by atoms with Crippen molar-refractivity contribution < 1.29 is 10.2 Å². The van der Waals surface area contributed by atoms with Crippen molar-refractivity contribution in [2.24, 2.45) is 10.2 Å². The Morgan fingerprint density at radius 2 is 1.24 bits per heavy atom. The summed E-state index contributed by atoms with van der Waals surface area (Å²) in [6, 6.07) is 17.1. The quantitative estimate of drug-likeness (QED) is 0.769. The van der Waals surface area contributed by atoms with Crippen molar-refractivity contribution in [1.29, 1.82) is 0 Å². The zero-order chi connectivity index (χ0) is 14.9. The number of anilines is 1. The summed E-state index contributed by atoms with van der Waals surface area (Å²) in [5.41, 5.74) is 2.51. The first kappa shape index (κ1) is 15.2. The van der Waals surface area contributed by atoms with E-state index in [-0.39, 0.29) is 13.2 Å². The molecule has 0 aliphatic heterocycles. The van der Waals surface area contributed by atoms with Gasteiger partial charge in [0.2, 0.25) is 0 Å². The monoisotopic (exact) mass is 285 g/mol. The highest BCUT2D eigenvalue weighted by Gasteiger charge is 2.04. The molecule has 0 aromatic heterocycles. The van der Waals surface area contributed by atoms with E-state index in [1.807, 2.05) is 59.5 Å². The summed E-state index contributed by atoms with van der Waals surface area (Å²) in [6.45, 7) is 1.09. The first-order valence-electron chi connectivity index (χ1n) is 6.87. The maximum absolute atomic E-state index is 9.03. The molecule has 0 saturated carbocycles. The molecule has 5 nitrogen and oxygen atoms in total. The molecule has 0 amide bonds. The molecule has 2 N–H and O–H groups in total. The Kier molecular flexibility index (Phi) is 5.87. The van der Waals surface area contributed by atoms with Crippen molar-refractivity contribution in [3.8, 4) is 0 Å². The lowest BCUT2D eigenvalue weighted by Crippen LogP contribution is -2.29. The van der Waals surface area contributed by atoms with E-state index >= 15 is 0 Å². The summed E-state index contributed by atoms with van der Waals surface area (Å²) in [6.07, 6.45) is 0. The molecular formula is C16H19N3O2. The predicted molar refractivity (Wildman–Crippen MR) is 83.4 cm³/mol. The van der Waals surface area contributed by atoms with Crippen molar-refractivity contribution in [3.63, 3.8) is 0 Å². The van der Waals surface area contributed by atoms with E-state index in [4.69, 9.17) is 10.2 Å². The maximum atomic E-state index is 9.03. The van der Waals surface area contributed by atoms with Gasteiger partial charge in [-0.15, -0.1) is 0 Å². The summed E-state index contributed by atoms with van der Waals surface area (Å²) in [5.74, 6) is 0. The Hall–Kier alpha value is -2.24. The highest BCUT2D eigenvalue weighted by molar-refractivity contribution is 5.53. The second kappa shape index (κ2) is 8.14. The largest absolute Gasteiger partial charge is 0.395 e. The maximum Gasteiger partial charge on any atom is 0.0858 e. The lowest BCUT2D eigenvalue weighted by atomic mass is 10.2. The van der Waals surface area contributed by atoms with Gasteiger partial charge in [0.25, 0.3) is 0 Å². The molecule has 0 fully saturated rings. The van der Waals surface area contributed by atoms with Crippen LogP contribution in [0.2, 0.25) is 0 Å². The molecule has 0 heterocycles. The summed E-state index contributed by atoms with van der Waals surface area (Å²) in [7, 11) is 0. The molecule has 21 heavy (non-hydrogen) atoms. The number of rotatable bonds is 7. The van der Waals surface area contributed by atoms with Gasteiger partial charge in [-0.3, -0.25) is 0 Å². The number of hydrogen-bond acceptors (Lipinski definition) is 5. The molecule has 0 unspecified atom stereocenters. The van der Waals surface area contributed by atoms with Gasteiger partial charge in [0.05, 0.1) is 24.6 Å². The second-order valence-electron chi connectivity index (χ2n) is 4.49. The standard InChI is InChI=1S/C16H19N3O2/c20-12-10-19(11-13-21)16-8-6-15(7-9-16)18-17-14-4-2-1-3-5-14/h1-9,20-21H,10-13H2. The van der Waals surface area contributed by atoms with Crippen LogP contribution in [0.15, 0.2) is 64.8 Å². The molecular weight excluding hydrogens is 266 g/mol. The Morgan fingerprint density at radius 3 is 1.76 bits per heavy atom. The van der Waals surface area contributed by atoms with Crippen LogP contribution in [0.1, 0.15) is 0 Å². The van der Waals surface area contributed by atoms with Crippen LogP contribution in [0.25, 0.3) is 0 Å². The predicted octanol–water partition coefficient (Wildman–Crippen LogP) is 2.89. The minimum absolute atomic E-state index is 0.0511. The summed E-state index contributed by atoms with van der Waals surface area (Å²) in [5, 5.41) is 26.4. The minimum Gasteiger partial charge on any atom is -0.395 e. The lowest BCUT2D eigenvalue weighted by molar-refractivity contribution is 0.281. The van der Waals surface area contributed by atoms with E-state index in [1.165, 1.54) is 0 Å². The van der Waals surface area contributed by atoms with Gasteiger partial charge < -0.3 is 15.1 Å². The van der Waals surface area contributed by atoms with Gasteiger partial charge in [0, 0.05) is 18.8 Å². The number of aliphatic hydroxyl groups is 2. The van der Waals surface area contributed by atoms with Gasteiger partial charge in [0.15, 0.2) is 0 Å². The van der Waals surface area contributed by atoms with Crippen LogP contribution in [-0.2, 0) is 0 Å². The fraction of sp³-hybridized carbons (Fsp3) is 0.250. The lowest BCUT2D eigenvalue weighted by Gasteiger charge is -2.22. The zero-order valence-electron chi connectivity index (χ0n) is 11.8. The smallest absolute Gasteiger partial charge is 0.0858 e. The third kappa shape index (κ3) is 4.66. The van der Waals surface area contributed by atoms with Crippen LogP contribution >= 0.6 is 0 Å². The normalized spacial score (nSPS) is 11.0. The Labute approximate surface area is 124 Å². The van der Waals surface area contributed by atoms with Crippen molar-refractivity contribution in [1.82, 2.24) is 0 Å². The van der Waals surface area contributed by atoms with Crippen molar-refractivity contribution in [2.75, 3.05) is 31.2 Å². The number of aliphatic hydroxyl groups excluding tert-OH is 2. The summed E-state index contributed by atoms with van der Waals surface area (Å²) >= 11 is 0. The number of nitrogens with zero attached hydrogens (tertiary/aromatic N) is 3. The molecule has 5 heteroatoms. The first-order valence-corrected chi connectivity index (χ1v) is 6.87. The average molecular weight is 285 g/mol.